The predicted octanol–water partition coefficient (Wildman–Crippen LogP) is 0.326. The van der Waals surface area contributed by atoms with Crippen LogP contribution in [0.15, 0.2) is 10.2 Å². The highest BCUT2D eigenvalue weighted by atomic mass is 35.5. The maximum atomic E-state index is 5.54. The van der Waals surface area contributed by atoms with E-state index in [-0.39, 0.29) is 24.8 Å². The fourth-order valence-electron chi connectivity index (χ4n) is 0.391. The second-order valence-corrected chi connectivity index (χ2v) is 4.56. The van der Waals surface area contributed by atoms with Crippen molar-refractivity contribution in [3.63, 3.8) is 0 Å². The quantitative estimate of drug-likeness (QED) is 0.435. The number of azo groups is 1. The predicted molar refractivity (Wildman–Crippen MR) is 71.8 cm³/mol. The second-order valence-electron chi connectivity index (χ2n) is 4.56. The molecule has 0 atom stereocenters. The molecule has 16 heavy (non-hydrogen) atoms. The van der Waals surface area contributed by atoms with Crippen LogP contribution in [-0.4, -0.2) is 23.4 Å². The smallest absolute Gasteiger partial charge is 0.104 e. The zero-order chi connectivity index (χ0) is 11.6. The van der Waals surface area contributed by atoms with Crippen molar-refractivity contribution >= 4 is 24.8 Å². The van der Waals surface area contributed by atoms with Gasteiger partial charge in [0.2, 0.25) is 0 Å². The average Bonchev–Trinajstić information content (AvgIpc) is 2.01. The molecule has 0 rings (SSSR count). The van der Waals surface area contributed by atoms with E-state index in [0.29, 0.717) is 0 Å². The second kappa shape index (κ2) is 7.37. The van der Waals surface area contributed by atoms with Gasteiger partial charge in [0.15, 0.2) is 0 Å². The largest absolute Gasteiger partial charge is 0.314 e. The Labute approximate surface area is 109 Å². The van der Waals surface area contributed by atoms with Gasteiger partial charge in [-0.3, -0.25) is 0 Å². The normalized spacial score (nSPS) is 12.9. The Kier molecular flexibility index (Phi) is 9.82. The summed E-state index contributed by atoms with van der Waals surface area (Å²) in [6.45, 7) is 7.22. The van der Waals surface area contributed by atoms with E-state index in [1.165, 1.54) is 0 Å². The Morgan fingerprint density at radius 3 is 1.00 bits per heavy atom. The van der Waals surface area contributed by atoms with Gasteiger partial charge in [-0.1, -0.05) is 0 Å². The molecule has 0 heterocycles. The summed E-state index contributed by atoms with van der Waals surface area (Å²) in [4.78, 5) is 0. The molecule has 0 saturated carbocycles. The average molecular weight is 275 g/mol. The molecule has 0 aromatic carbocycles. The summed E-state index contributed by atoms with van der Waals surface area (Å²) in [5, 5.41) is 8.13. The summed E-state index contributed by atoms with van der Waals surface area (Å²) >= 11 is 0. The molecule has 0 aromatic rings. The number of hydrogen-bond donors (Lipinski definition) is 4. The third kappa shape index (κ3) is 6.57. The molecule has 100 valence electrons. The molecule has 0 saturated heterocycles. The van der Waals surface area contributed by atoms with Crippen LogP contribution in [0.25, 0.3) is 0 Å². The molecule has 6 nitrogen and oxygen atoms in total. The standard InChI is InChI=1S/C8H22N6.2ClH/c1-7(2,5(9)10)13-14-8(3,4)6(11)12;;/h5-6H,9-12H2,1-4H3;2*1H. The first-order valence-electron chi connectivity index (χ1n) is 4.56. The third-order valence-corrected chi connectivity index (χ3v) is 2.20. The number of hydrogen-bond acceptors (Lipinski definition) is 6. The van der Waals surface area contributed by atoms with Crippen LogP contribution >= 0.6 is 24.8 Å². The summed E-state index contributed by atoms with van der Waals surface area (Å²) in [6, 6.07) is 0. The minimum atomic E-state index is -0.605. The number of rotatable bonds is 4. The number of nitrogens with zero attached hydrogens (tertiary/aromatic N) is 2. The molecule has 0 aliphatic heterocycles. The van der Waals surface area contributed by atoms with Crippen LogP contribution < -0.4 is 22.9 Å². The van der Waals surface area contributed by atoms with Gasteiger partial charge in [-0.2, -0.15) is 10.2 Å². The van der Waals surface area contributed by atoms with Gasteiger partial charge in [0.25, 0.3) is 0 Å². The molecule has 0 aliphatic rings. The minimum absolute atomic E-state index is 0. The van der Waals surface area contributed by atoms with E-state index in [9.17, 15) is 0 Å². The van der Waals surface area contributed by atoms with E-state index in [0.717, 1.165) is 0 Å². The van der Waals surface area contributed by atoms with E-state index in [2.05, 4.69) is 10.2 Å². The zero-order valence-corrected chi connectivity index (χ0v) is 11.8. The van der Waals surface area contributed by atoms with E-state index in [1.54, 1.807) is 27.7 Å². The molecule has 0 spiro atoms. The van der Waals surface area contributed by atoms with Crippen LogP contribution in [-0.2, 0) is 0 Å². The molecule has 0 aliphatic carbocycles. The fourth-order valence-corrected chi connectivity index (χ4v) is 0.391. The van der Waals surface area contributed by atoms with E-state index < -0.39 is 23.4 Å². The van der Waals surface area contributed by atoms with Gasteiger partial charge in [-0.05, 0) is 27.7 Å². The first kappa shape index (κ1) is 21.3. The van der Waals surface area contributed by atoms with Gasteiger partial charge in [-0.15, -0.1) is 24.8 Å². The maximum Gasteiger partial charge on any atom is 0.104 e. The van der Waals surface area contributed by atoms with Crippen LogP contribution in [0, 0.1) is 0 Å². The third-order valence-electron chi connectivity index (χ3n) is 2.20. The Morgan fingerprint density at radius 1 is 0.688 bits per heavy atom. The lowest BCUT2D eigenvalue weighted by Gasteiger charge is -2.27. The van der Waals surface area contributed by atoms with Crippen molar-refractivity contribution in [1.82, 2.24) is 0 Å². The van der Waals surface area contributed by atoms with Gasteiger partial charge < -0.3 is 22.9 Å². The maximum absolute atomic E-state index is 5.54. The van der Waals surface area contributed by atoms with Crippen molar-refractivity contribution in [2.24, 2.45) is 33.2 Å². The van der Waals surface area contributed by atoms with E-state index >= 15 is 0 Å². The zero-order valence-electron chi connectivity index (χ0n) is 10.2. The first-order chi connectivity index (χ1) is 6.09. The van der Waals surface area contributed by atoms with Gasteiger partial charge in [0.1, 0.15) is 11.1 Å². The number of nitrogens with two attached hydrogens (primary N) is 4. The van der Waals surface area contributed by atoms with Crippen molar-refractivity contribution in [1.29, 1.82) is 0 Å². The van der Waals surface area contributed by atoms with Crippen molar-refractivity contribution < 1.29 is 0 Å². The minimum Gasteiger partial charge on any atom is -0.314 e. The Bertz CT molecular complexity index is 193. The molecular formula is C8H24Cl2N6. The molecule has 0 aromatic heterocycles. The fraction of sp³-hybridized carbons (Fsp3) is 1.00. The summed E-state index contributed by atoms with van der Waals surface area (Å²) in [5.74, 6) is 0. The highest BCUT2D eigenvalue weighted by molar-refractivity contribution is 5.85. The van der Waals surface area contributed by atoms with Crippen molar-refractivity contribution in [2.45, 2.75) is 51.1 Å². The van der Waals surface area contributed by atoms with Crippen molar-refractivity contribution in [3.05, 3.63) is 0 Å². The van der Waals surface area contributed by atoms with Gasteiger partial charge in [-0.25, -0.2) is 0 Å². The molecule has 0 amide bonds. The highest BCUT2D eigenvalue weighted by Crippen LogP contribution is 2.16. The lowest BCUT2D eigenvalue weighted by atomic mass is 10.0. The van der Waals surface area contributed by atoms with E-state index in [1.807, 2.05) is 0 Å². The van der Waals surface area contributed by atoms with Crippen LogP contribution in [0.2, 0.25) is 0 Å². The Morgan fingerprint density at radius 2 is 0.875 bits per heavy atom. The summed E-state index contributed by atoms with van der Waals surface area (Å²) in [7, 11) is 0. The lowest BCUT2D eigenvalue weighted by molar-refractivity contribution is 0.342. The number of halogens is 2. The molecule has 0 fully saturated rings. The molecule has 8 heteroatoms. The van der Waals surface area contributed by atoms with Crippen LogP contribution in [0.1, 0.15) is 27.7 Å². The first-order valence-corrected chi connectivity index (χ1v) is 4.56. The molecule has 0 unspecified atom stereocenters. The Hall–Kier alpha value is 0.0200. The SMILES string of the molecule is CC(C)(N=NC(C)(C)C(N)N)C(N)N.Cl.Cl. The van der Waals surface area contributed by atoms with Crippen LogP contribution in [0.4, 0.5) is 0 Å². The summed E-state index contributed by atoms with van der Waals surface area (Å²) in [6.07, 6.45) is -1.12. The lowest BCUT2D eigenvalue weighted by Crippen LogP contribution is -2.51. The van der Waals surface area contributed by atoms with Crippen molar-refractivity contribution in [2.75, 3.05) is 0 Å². The Balaban J connectivity index is -0.000000845. The summed E-state index contributed by atoms with van der Waals surface area (Å²) < 4.78 is 0. The van der Waals surface area contributed by atoms with Crippen LogP contribution in [0.3, 0.4) is 0 Å². The monoisotopic (exact) mass is 274 g/mol. The van der Waals surface area contributed by atoms with Crippen molar-refractivity contribution in [3.8, 4) is 0 Å². The molecular weight excluding hydrogens is 251 g/mol. The molecule has 8 N–H and O–H groups in total. The molecule has 0 bridgehead atoms. The molecule has 0 radical (unpaired) electrons. The van der Waals surface area contributed by atoms with E-state index in [4.69, 9.17) is 22.9 Å². The van der Waals surface area contributed by atoms with Gasteiger partial charge in [0, 0.05) is 0 Å². The topological polar surface area (TPSA) is 129 Å². The van der Waals surface area contributed by atoms with Gasteiger partial charge in [0.05, 0.1) is 12.3 Å². The summed E-state index contributed by atoms with van der Waals surface area (Å²) in [5.41, 5.74) is 20.9. The highest BCUT2D eigenvalue weighted by Gasteiger charge is 2.27. The van der Waals surface area contributed by atoms with Crippen LogP contribution in [0.5, 0.6) is 0 Å². The van der Waals surface area contributed by atoms with Gasteiger partial charge >= 0.3 is 0 Å².